The van der Waals surface area contributed by atoms with Crippen molar-refractivity contribution in [3.63, 3.8) is 0 Å². The molecule has 17 heavy (non-hydrogen) atoms. The summed E-state index contributed by atoms with van der Waals surface area (Å²) in [4.78, 5) is 27.3. The zero-order valence-electron chi connectivity index (χ0n) is 9.59. The van der Waals surface area contributed by atoms with E-state index in [1.54, 1.807) is 24.5 Å². The summed E-state index contributed by atoms with van der Waals surface area (Å²) in [5, 5.41) is 9.75. The van der Waals surface area contributed by atoms with E-state index >= 15 is 0 Å². The minimum absolute atomic E-state index is 0.179. The standard InChI is InChI=1S/C12H14N2O3/c1-2-12(9-4-7-13-8-5-9)6-3-10(15)14(17)11(12)16/h4-5,7-8,17H,2-3,6H2,1H3/t12-/m0/s1. The zero-order chi connectivity index (χ0) is 12.5. The molecular formula is C12H14N2O3. The van der Waals surface area contributed by atoms with E-state index in [1.807, 2.05) is 6.92 Å². The monoisotopic (exact) mass is 234 g/mol. The predicted molar refractivity (Wildman–Crippen MR) is 59.1 cm³/mol. The van der Waals surface area contributed by atoms with Crippen molar-refractivity contribution >= 4 is 11.8 Å². The summed E-state index contributed by atoms with van der Waals surface area (Å²) in [5.41, 5.74) is -0.00227. The molecule has 0 aromatic carbocycles. The highest BCUT2D eigenvalue weighted by Crippen LogP contribution is 2.37. The highest BCUT2D eigenvalue weighted by atomic mass is 16.5. The number of pyridine rings is 1. The maximum Gasteiger partial charge on any atom is 0.263 e. The lowest BCUT2D eigenvalue weighted by Gasteiger charge is -2.37. The van der Waals surface area contributed by atoms with Crippen LogP contribution in [0.3, 0.4) is 0 Å². The highest BCUT2D eigenvalue weighted by Gasteiger charge is 2.46. The van der Waals surface area contributed by atoms with E-state index in [-0.39, 0.29) is 11.5 Å². The molecule has 0 unspecified atom stereocenters. The van der Waals surface area contributed by atoms with Crippen LogP contribution in [-0.4, -0.2) is 27.1 Å². The van der Waals surface area contributed by atoms with E-state index in [2.05, 4.69) is 4.98 Å². The molecule has 90 valence electrons. The average Bonchev–Trinajstić information content (AvgIpc) is 2.38. The molecule has 0 saturated carbocycles. The maximum atomic E-state index is 12.1. The third kappa shape index (κ3) is 1.72. The van der Waals surface area contributed by atoms with Gasteiger partial charge in [0.15, 0.2) is 0 Å². The topological polar surface area (TPSA) is 70.5 Å². The average molecular weight is 234 g/mol. The summed E-state index contributed by atoms with van der Waals surface area (Å²) >= 11 is 0. The number of amides is 2. The van der Waals surface area contributed by atoms with E-state index < -0.39 is 17.2 Å². The van der Waals surface area contributed by atoms with Crippen molar-refractivity contribution in [2.75, 3.05) is 0 Å². The fraction of sp³-hybridized carbons (Fsp3) is 0.417. The highest BCUT2D eigenvalue weighted by molar-refractivity contribution is 6.02. The van der Waals surface area contributed by atoms with Gasteiger partial charge in [-0.1, -0.05) is 6.92 Å². The Hall–Kier alpha value is -1.75. The van der Waals surface area contributed by atoms with E-state index in [4.69, 9.17) is 0 Å². The minimum Gasteiger partial charge on any atom is -0.278 e. The molecule has 2 amide bonds. The largest absolute Gasteiger partial charge is 0.278 e. The van der Waals surface area contributed by atoms with E-state index in [0.717, 1.165) is 5.56 Å². The Kier molecular flexibility index (Phi) is 2.93. The van der Waals surface area contributed by atoms with Crippen LogP contribution in [0.1, 0.15) is 31.7 Å². The lowest BCUT2D eigenvalue weighted by molar-refractivity contribution is -0.189. The Bertz CT molecular complexity index is 446. The number of nitrogens with zero attached hydrogens (tertiary/aromatic N) is 2. The van der Waals surface area contributed by atoms with Crippen molar-refractivity contribution in [3.8, 4) is 0 Å². The van der Waals surface area contributed by atoms with E-state index in [1.165, 1.54) is 0 Å². The molecule has 0 bridgehead atoms. The number of hydroxylamine groups is 2. The van der Waals surface area contributed by atoms with E-state index in [9.17, 15) is 14.8 Å². The first kappa shape index (κ1) is 11.7. The molecule has 1 aromatic heterocycles. The van der Waals surface area contributed by atoms with Gasteiger partial charge in [-0.05, 0) is 30.5 Å². The molecule has 1 atom stereocenters. The summed E-state index contributed by atoms with van der Waals surface area (Å²) in [6.45, 7) is 1.88. The zero-order valence-corrected chi connectivity index (χ0v) is 9.59. The third-order valence-electron chi connectivity index (χ3n) is 3.44. The fourth-order valence-corrected chi connectivity index (χ4v) is 2.32. The lowest BCUT2D eigenvalue weighted by atomic mass is 9.72. The fourth-order valence-electron chi connectivity index (χ4n) is 2.32. The van der Waals surface area contributed by atoms with Crippen LogP contribution in [0, 0.1) is 0 Å². The van der Waals surface area contributed by atoms with E-state index in [0.29, 0.717) is 12.8 Å². The van der Waals surface area contributed by atoms with Gasteiger partial charge in [0.05, 0.1) is 5.41 Å². The minimum atomic E-state index is -0.800. The smallest absolute Gasteiger partial charge is 0.263 e. The van der Waals surface area contributed by atoms with Crippen molar-refractivity contribution in [2.45, 2.75) is 31.6 Å². The molecule has 1 N–H and O–H groups in total. The molecule has 0 radical (unpaired) electrons. The van der Waals surface area contributed by atoms with Crippen molar-refractivity contribution < 1.29 is 14.8 Å². The summed E-state index contributed by atoms with van der Waals surface area (Å²) in [7, 11) is 0. The van der Waals surface area contributed by atoms with Crippen molar-refractivity contribution in [1.82, 2.24) is 10.0 Å². The van der Waals surface area contributed by atoms with Crippen LogP contribution in [0.15, 0.2) is 24.5 Å². The molecule has 1 aliphatic rings. The second-order valence-electron chi connectivity index (χ2n) is 4.18. The second kappa shape index (κ2) is 4.25. The number of aromatic nitrogens is 1. The van der Waals surface area contributed by atoms with Gasteiger partial charge in [0.25, 0.3) is 11.8 Å². The summed E-state index contributed by atoms with van der Waals surface area (Å²) in [6, 6.07) is 3.51. The molecule has 5 heteroatoms. The van der Waals surface area contributed by atoms with Gasteiger partial charge >= 0.3 is 0 Å². The molecule has 1 aliphatic heterocycles. The maximum absolute atomic E-state index is 12.1. The number of rotatable bonds is 2. The Labute approximate surface area is 99.0 Å². The number of imide groups is 1. The normalized spacial score (nSPS) is 25.2. The van der Waals surface area contributed by atoms with Gasteiger partial charge in [0.2, 0.25) is 0 Å². The molecule has 1 saturated heterocycles. The second-order valence-corrected chi connectivity index (χ2v) is 4.18. The number of hydrogen-bond donors (Lipinski definition) is 1. The van der Waals surface area contributed by atoms with Gasteiger partial charge in [0.1, 0.15) is 0 Å². The van der Waals surface area contributed by atoms with Gasteiger partial charge in [-0.2, -0.15) is 5.06 Å². The third-order valence-corrected chi connectivity index (χ3v) is 3.44. The quantitative estimate of drug-likeness (QED) is 0.618. The van der Waals surface area contributed by atoms with Crippen LogP contribution in [-0.2, 0) is 15.0 Å². The predicted octanol–water partition coefficient (Wildman–Crippen LogP) is 1.27. The Morgan fingerprint density at radius 2 is 2.06 bits per heavy atom. The Balaban J connectivity index is 2.45. The Morgan fingerprint density at radius 3 is 2.65 bits per heavy atom. The number of piperidine rings is 1. The molecule has 2 rings (SSSR count). The molecular weight excluding hydrogens is 220 g/mol. The lowest BCUT2D eigenvalue weighted by Crippen LogP contribution is -2.52. The number of carbonyl (C=O) groups excluding carboxylic acids is 2. The van der Waals surface area contributed by atoms with Crippen LogP contribution in [0.2, 0.25) is 0 Å². The molecule has 1 fully saturated rings. The van der Waals surface area contributed by atoms with Gasteiger partial charge in [0, 0.05) is 18.8 Å². The first-order valence-corrected chi connectivity index (χ1v) is 5.58. The SMILES string of the molecule is CC[C@@]1(c2ccncc2)CCC(=O)N(O)C1=O. The van der Waals surface area contributed by atoms with Gasteiger partial charge in [-0.15, -0.1) is 0 Å². The van der Waals surface area contributed by atoms with Crippen LogP contribution < -0.4 is 0 Å². The molecule has 0 spiro atoms. The molecule has 2 heterocycles. The number of carbonyl (C=O) groups is 2. The summed E-state index contributed by atoms with van der Waals surface area (Å²) in [6.07, 6.45) is 4.37. The van der Waals surface area contributed by atoms with Gasteiger partial charge in [-0.3, -0.25) is 19.8 Å². The molecule has 5 nitrogen and oxygen atoms in total. The van der Waals surface area contributed by atoms with Crippen molar-refractivity contribution in [1.29, 1.82) is 0 Å². The first-order chi connectivity index (χ1) is 8.12. The Morgan fingerprint density at radius 1 is 1.41 bits per heavy atom. The van der Waals surface area contributed by atoms with Crippen LogP contribution in [0.5, 0.6) is 0 Å². The van der Waals surface area contributed by atoms with Crippen molar-refractivity contribution in [2.24, 2.45) is 0 Å². The van der Waals surface area contributed by atoms with Gasteiger partial charge < -0.3 is 0 Å². The first-order valence-electron chi connectivity index (χ1n) is 5.58. The van der Waals surface area contributed by atoms with Crippen LogP contribution in [0.4, 0.5) is 0 Å². The van der Waals surface area contributed by atoms with Crippen LogP contribution >= 0.6 is 0 Å². The van der Waals surface area contributed by atoms with Crippen molar-refractivity contribution in [3.05, 3.63) is 30.1 Å². The summed E-state index contributed by atoms with van der Waals surface area (Å²) < 4.78 is 0. The molecule has 1 aromatic rings. The molecule has 0 aliphatic carbocycles. The van der Waals surface area contributed by atoms with Crippen LogP contribution in [0.25, 0.3) is 0 Å². The van der Waals surface area contributed by atoms with Gasteiger partial charge in [-0.25, -0.2) is 0 Å². The number of hydrogen-bond acceptors (Lipinski definition) is 4. The summed E-state index contributed by atoms with van der Waals surface area (Å²) in [5.74, 6) is -1.07.